The van der Waals surface area contributed by atoms with Crippen LogP contribution < -0.4 is 18.9 Å². The van der Waals surface area contributed by atoms with Crippen molar-refractivity contribution in [1.29, 1.82) is 0 Å². The normalized spacial score (nSPS) is 10.7. The number of rotatable bonds is 3. The van der Waals surface area contributed by atoms with Crippen molar-refractivity contribution < 1.29 is 23.6 Å². The maximum atomic E-state index is 6.58. The molecule has 0 heterocycles. The third-order valence-electron chi connectivity index (χ3n) is 0.667. The number of ether oxygens (including phenoxy) is 1. The van der Waals surface area contributed by atoms with E-state index in [0.717, 1.165) is 0 Å². The molecule has 0 aromatic carbocycles. The predicted molar refractivity (Wildman–Crippen MR) is 32.7 cm³/mol. The Morgan fingerprint density at radius 2 is 2.44 bits per heavy atom. The first kappa shape index (κ1) is 11.6. The van der Waals surface area contributed by atoms with E-state index in [1.54, 1.807) is 13.0 Å². The van der Waals surface area contributed by atoms with E-state index >= 15 is 0 Å². The predicted octanol–water partition coefficient (Wildman–Crippen LogP) is -1.83. The molecule has 0 bridgehead atoms. The topological polar surface area (TPSA) is 9.23 Å². The molecule has 0 fully saturated rings. The van der Waals surface area contributed by atoms with Crippen molar-refractivity contribution in [3.05, 3.63) is 19.1 Å². The van der Waals surface area contributed by atoms with Crippen molar-refractivity contribution in [2.75, 3.05) is 6.61 Å². The van der Waals surface area contributed by atoms with Gasteiger partial charge in [-0.3, -0.25) is 0 Å². The van der Waals surface area contributed by atoms with E-state index in [1.807, 2.05) is 0 Å². The molecule has 0 rings (SSSR count). The Balaban J connectivity index is 0. The first-order chi connectivity index (χ1) is 3.81. The molecule has 1 unspecified atom stereocenters. The molecular formula is C7H9LiO. The molecule has 1 atom stereocenters. The van der Waals surface area contributed by atoms with Gasteiger partial charge in [0.15, 0.2) is 0 Å². The van der Waals surface area contributed by atoms with Crippen LogP contribution in [0.4, 0.5) is 0 Å². The van der Waals surface area contributed by atoms with Gasteiger partial charge in [0.25, 0.3) is 0 Å². The van der Waals surface area contributed by atoms with Gasteiger partial charge < -0.3 is 17.1 Å². The second kappa shape index (κ2) is 7.86. The van der Waals surface area contributed by atoms with E-state index in [9.17, 15) is 0 Å². The molecule has 0 radical (unpaired) electrons. The third kappa shape index (κ3) is 7.86. The fraction of sp³-hybridized carbons (Fsp3) is 0.429. The minimum absolute atomic E-state index is 0. The molecular weight excluding hydrogens is 107 g/mol. The molecule has 2 heteroatoms. The second-order valence-electron chi connectivity index (χ2n) is 1.41. The van der Waals surface area contributed by atoms with Gasteiger partial charge >= 0.3 is 18.9 Å². The van der Waals surface area contributed by atoms with Gasteiger partial charge in [-0.15, -0.1) is 6.58 Å². The molecule has 0 aliphatic heterocycles. The zero-order valence-electron chi connectivity index (χ0n) is 5.98. The van der Waals surface area contributed by atoms with Crippen molar-refractivity contribution >= 4 is 0 Å². The third-order valence-corrected chi connectivity index (χ3v) is 0.667. The summed E-state index contributed by atoms with van der Waals surface area (Å²) in [5.41, 5.74) is 0. The Hall–Kier alpha value is -0.143. The van der Waals surface area contributed by atoms with E-state index in [0.29, 0.717) is 6.61 Å². The van der Waals surface area contributed by atoms with E-state index in [2.05, 4.69) is 12.5 Å². The Bertz CT molecular complexity index is 104. The monoisotopic (exact) mass is 116 g/mol. The van der Waals surface area contributed by atoms with Gasteiger partial charge in [-0.25, -0.2) is 0 Å². The molecule has 0 aromatic rings. The minimum atomic E-state index is -0.201. The maximum absolute atomic E-state index is 6.58. The quantitative estimate of drug-likeness (QED) is 0.182. The molecule has 44 valence electrons. The SMILES string of the molecule is [C-]#CC(C)OCC=C.[Li+]. The van der Waals surface area contributed by atoms with Crippen LogP contribution >= 0.6 is 0 Å². The maximum Gasteiger partial charge on any atom is 1.00 e. The van der Waals surface area contributed by atoms with Crippen molar-refractivity contribution in [1.82, 2.24) is 0 Å². The molecule has 9 heavy (non-hydrogen) atoms. The van der Waals surface area contributed by atoms with Crippen LogP contribution in [0, 0.1) is 12.3 Å². The van der Waals surface area contributed by atoms with E-state index in [4.69, 9.17) is 11.2 Å². The number of hydrogen-bond donors (Lipinski definition) is 0. The first-order valence-electron chi connectivity index (χ1n) is 2.46. The summed E-state index contributed by atoms with van der Waals surface area (Å²) < 4.78 is 4.92. The molecule has 0 saturated heterocycles. The summed E-state index contributed by atoms with van der Waals surface area (Å²) in [6, 6.07) is 0. The molecule has 0 aromatic heterocycles. The average Bonchev–Trinajstić information content (AvgIpc) is 1.83. The van der Waals surface area contributed by atoms with Gasteiger partial charge in [0.1, 0.15) is 0 Å². The standard InChI is InChI=1S/C7H9O.Li/c1-4-6-8-7(3)5-2;/h4,7H,1,6H2,3H3;/q-1;+1. The van der Waals surface area contributed by atoms with Crippen LogP contribution in [0.25, 0.3) is 0 Å². The minimum Gasteiger partial charge on any atom is -0.691 e. The Kier molecular flexibility index (Phi) is 10.2. The second-order valence-corrected chi connectivity index (χ2v) is 1.41. The molecule has 0 aliphatic rings. The van der Waals surface area contributed by atoms with Gasteiger partial charge in [-0.2, -0.15) is 0 Å². The van der Waals surface area contributed by atoms with E-state index in [1.165, 1.54) is 0 Å². The van der Waals surface area contributed by atoms with Crippen molar-refractivity contribution in [2.24, 2.45) is 0 Å². The van der Waals surface area contributed by atoms with Crippen LogP contribution in [0.15, 0.2) is 12.7 Å². The molecule has 0 saturated carbocycles. The van der Waals surface area contributed by atoms with Crippen LogP contribution in [-0.4, -0.2) is 12.7 Å². The van der Waals surface area contributed by atoms with Gasteiger partial charge in [0.05, 0.1) is 12.7 Å². The van der Waals surface area contributed by atoms with Gasteiger partial charge in [0, 0.05) is 0 Å². The summed E-state index contributed by atoms with van der Waals surface area (Å²) in [4.78, 5) is 0. The Morgan fingerprint density at radius 3 is 2.78 bits per heavy atom. The molecule has 0 amide bonds. The van der Waals surface area contributed by atoms with E-state index < -0.39 is 0 Å². The fourth-order valence-corrected chi connectivity index (χ4v) is 0.254. The zero-order chi connectivity index (χ0) is 6.41. The summed E-state index contributed by atoms with van der Waals surface area (Å²) in [6.45, 7) is 5.71. The molecule has 1 nitrogen and oxygen atoms in total. The molecule has 0 N–H and O–H groups in total. The fourth-order valence-electron chi connectivity index (χ4n) is 0.254. The molecule has 0 aliphatic carbocycles. The average molecular weight is 116 g/mol. The Morgan fingerprint density at radius 1 is 1.89 bits per heavy atom. The number of hydrogen-bond acceptors (Lipinski definition) is 1. The first-order valence-corrected chi connectivity index (χ1v) is 2.46. The van der Waals surface area contributed by atoms with Crippen molar-refractivity contribution in [3.63, 3.8) is 0 Å². The van der Waals surface area contributed by atoms with Gasteiger partial charge in [-0.05, 0) is 6.92 Å². The van der Waals surface area contributed by atoms with Crippen LogP contribution in [0.1, 0.15) is 6.92 Å². The van der Waals surface area contributed by atoms with Crippen LogP contribution in [0.2, 0.25) is 0 Å². The van der Waals surface area contributed by atoms with Gasteiger partial charge in [-0.1, -0.05) is 6.08 Å². The Labute approximate surface area is 68.6 Å². The van der Waals surface area contributed by atoms with Crippen LogP contribution in [0.3, 0.4) is 0 Å². The van der Waals surface area contributed by atoms with Crippen LogP contribution in [0.5, 0.6) is 0 Å². The van der Waals surface area contributed by atoms with Crippen molar-refractivity contribution in [2.45, 2.75) is 13.0 Å². The largest absolute Gasteiger partial charge is 1.00 e. The van der Waals surface area contributed by atoms with Gasteiger partial charge in [0.2, 0.25) is 0 Å². The summed E-state index contributed by atoms with van der Waals surface area (Å²) in [5.74, 6) is 2.18. The molecule has 0 spiro atoms. The zero-order valence-corrected chi connectivity index (χ0v) is 5.98. The van der Waals surface area contributed by atoms with Crippen LogP contribution in [-0.2, 0) is 4.74 Å². The smallest absolute Gasteiger partial charge is 0.691 e. The summed E-state index contributed by atoms with van der Waals surface area (Å²) in [5, 5.41) is 0. The van der Waals surface area contributed by atoms with E-state index in [-0.39, 0.29) is 25.0 Å². The summed E-state index contributed by atoms with van der Waals surface area (Å²) in [6.07, 6.45) is 8.02. The summed E-state index contributed by atoms with van der Waals surface area (Å²) >= 11 is 0. The summed E-state index contributed by atoms with van der Waals surface area (Å²) in [7, 11) is 0. The van der Waals surface area contributed by atoms with Crippen molar-refractivity contribution in [3.8, 4) is 5.92 Å².